The standard InChI is InChI=1S/C10H8F3NO2/c11-10(12,13)9(15)6-8(14-16-9)7-4-2-1-3-5-7/h1-5,15H,6H2/t9-/m0/s1. The predicted octanol–water partition coefficient (Wildman–Crippen LogP) is 2.06. The Morgan fingerprint density at radius 3 is 2.38 bits per heavy atom. The highest BCUT2D eigenvalue weighted by molar-refractivity contribution is 6.01. The summed E-state index contributed by atoms with van der Waals surface area (Å²) in [5, 5.41) is 12.5. The molecular formula is C10H8F3NO2. The summed E-state index contributed by atoms with van der Waals surface area (Å²) in [4.78, 5) is 4.09. The molecule has 0 saturated carbocycles. The van der Waals surface area contributed by atoms with E-state index < -0.39 is 18.4 Å². The van der Waals surface area contributed by atoms with Gasteiger partial charge in [0.1, 0.15) is 0 Å². The van der Waals surface area contributed by atoms with Crippen molar-refractivity contribution < 1.29 is 23.1 Å². The topological polar surface area (TPSA) is 41.8 Å². The Hall–Kier alpha value is -1.56. The Bertz CT molecular complexity index is 416. The van der Waals surface area contributed by atoms with Crippen LogP contribution in [0.3, 0.4) is 0 Å². The van der Waals surface area contributed by atoms with E-state index in [4.69, 9.17) is 0 Å². The van der Waals surface area contributed by atoms with E-state index in [2.05, 4.69) is 9.99 Å². The lowest BCUT2D eigenvalue weighted by atomic mass is 10.0. The molecule has 1 atom stereocenters. The SMILES string of the molecule is O[C@@]1(C(F)(F)F)CC(c2ccccc2)=NO1. The van der Waals surface area contributed by atoms with Gasteiger partial charge in [0.05, 0.1) is 12.1 Å². The van der Waals surface area contributed by atoms with E-state index in [9.17, 15) is 18.3 Å². The zero-order valence-corrected chi connectivity index (χ0v) is 8.03. The van der Waals surface area contributed by atoms with Crippen LogP contribution in [-0.2, 0) is 4.84 Å². The molecule has 0 saturated heterocycles. The number of hydrogen-bond acceptors (Lipinski definition) is 3. The summed E-state index contributed by atoms with van der Waals surface area (Å²) in [5.41, 5.74) is 0.586. The molecule has 86 valence electrons. The third-order valence-corrected chi connectivity index (χ3v) is 2.26. The van der Waals surface area contributed by atoms with E-state index in [0.29, 0.717) is 5.56 Å². The number of hydrogen-bond donors (Lipinski definition) is 1. The fraction of sp³-hybridized carbons (Fsp3) is 0.300. The summed E-state index contributed by atoms with van der Waals surface area (Å²) in [5.74, 6) is -3.20. The van der Waals surface area contributed by atoms with Crippen molar-refractivity contribution in [2.45, 2.75) is 18.4 Å². The van der Waals surface area contributed by atoms with Gasteiger partial charge in [-0.15, -0.1) is 0 Å². The molecule has 0 aromatic heterocycles. The number of rotatable bonds is 1. The van der Waals surface area contributed by atoms with Gasteiger partial charge in [0.15, 0.2) is 0 Å². The quantitative estimate of drug-likeness (QED) is 0.803. The van der Waals surface area contributed by atoms with Crippen LogP contribution in [0.5, 0.6) is 0 Å². The molecule has 0 radical (unpaired) electrons. The van der Waals surface area contributed by atoms with Crippen molar-refractivity contribution in [1.29, 1.82) is 0 Å². The minimum atomic E-state index is -4.85. The van der Waals surface area contributed by atoms with Crippen molar-refractivity contribution in [3.8, 4) is 0 Å². The minimum Gasteiger partial charge on any atom is -0.350 e. The second kappa shape index (κ2) is 3.48. The van der Waals surface area contributed by atoms with E-state index in [1.807, 2.05) is 0 Å². The maximum Gasteiger partial charge on any atom is 0.458 e. The average Bonchev–Trinajstić information content (AvgIpc) is 2.63. The molecule has 1 heterocycles. The third-order valence-electron chi connectivity index (χ3n) is 2.26. The molecule has 1 aromatic carbocycles. The highest BCUT2D eigenvalue weighted by atomic mass is 19.4. The van der Waals surface area contributed by atoms with E-state index in [1.165, 1.54) is 0 Å². The summed E-state index contributed by atoms with van der Waals surface area (Å²) in [6, 6.07) is 8.27. The third kappa shape index (κ3) is 1.76. The van der Waals surface area contributed by atoms with E-state index in [-0.39, 0.29) is 5.71 Å². The zero-order chi connectivity index (χ0) is 11.8. The lowest BCUT2D eigenvalue weighted by Crippen LogP contribution is -2.45. The molecule has 0 aliphatic carbocycles. The number of benzene rings is 1. The molecule has 3 nitrogen and oxygen atoms in total. The van der Waals surface area contributed by atoms with Crippen LogP contribution < -0.4 is 0 Å². The van der Waals surface area contributed by atoms with Crippen LogP contribution in [0.2, 0.25) is 0 Å². The largest absolute Gasteiger partial charge is 0.458 e. The fourth-order valence-electron chi connectivity index (χ4n) is 1.36. The van der Waals surface area contributed by atoms with Crippen molar-refractivity contribution in [3.05, 3.63) is 35.9 Å². The van der Waals surface area contributed by atoms with Crippen molar-refractivity contribution in [1.82, 2.24) is 0 Å². The molecule has 1 aromatic rings. The normalized spacial score (nSPS) is 25.1. The maximum absolute atomic E-state index is 12.4. The van der Waals surface area contributed by atoms with Gasteiger partial charge in [0, 0.05) is 0 Å². The first-order chi connectivity index (χ1) is 7.42. The molecule has 0 fully saturated rings. The molecule has 6 heteroatoms. The van der Waals surface area contributed by atoms with Gasteiger partial charge in [0.2, 0.25) is 0 Å². The molecule has 1 N–H and O–H groups in total. The second-order valence-corrected chi connectivity index (χ2v) is 3.45. The van der Waals surface area contributed by atoms with Crippen LogP contribution in [0.15, 0.2) is 35.5 Å². The Labute approximate surface area is 89.1 Å². The highest BCUT2D eigenvalue weighted by Crippen LogP contribution is 2.38. The van der Waals surface area contributed by atoms with Gasteiger partial charge < -0.3 is 9.94 Å². The number of oxime groups is 1. The van der Waals surface area contributed by atoms with E-state index >= 15 is 0 Å². The average molecular weight is 231 g/mol. The predicted molar refractivity (Wildman–Crippen MR) is 49.7 cm³/mol. The first-order valence-corrected chi connectivity index (χ1v) is 4.52. The highest BCUT2D eigenvalue weighted by Gasteiger charge is 2.60. The van der Waals surface area contributed by atoms with Crippen molar-refractivity contribution >= 4 is 5.71 Å². The van der Waals surface area contributed by atoms with E-state index in [0.717, 1.165) is 0 Å². The van der Waals surface area contributed by atoms with Crippen LogP contribution in [0.1, 0.15) is 12.0 Å². The Morgan fingerprint density at radius 1 is 1.25 bits per heavy atom. The van der Waals surface area contributed by atoms with Gasteiger partial charge in [-0.05, 0) is 5.56 Å². The Kier molecular flexibility index (Phi) is 2.38. The van der Waals surface area contributed by atoms with Crippen LogP contribution in [0, 0.1) is 0 Å². The number of halogens is 3. The van der Waals surface area contributed by atoms with Crippen molar-refractivity contribution in [2.24, 2.45) is 5.16 Å². The first kappa shape index (κ1) is 10.9. The lowest BCUT2D eigenvalue weighted by molar-refractivity contribution is -0.355. The van der Waals surface area contributed by atoms with Crippen LogP contribution in [0.4, 0.5) is 13.2 Å². The smallest absolute Gasteiger partial charge is 0.350 e. The Balaban J connectivity index is 2.20. The lowest BCUT2D eigenvalue weighted by Gasteiger charge is -2.22. The fourth-order valence-corrected chi connectivity index (χ4v) is 1.36. The summed E-state index contributed by atoms with van der Waals surface area (Å²) < 4.78 is 37.2. The number of aliphatic hydroxyl groups is 1. The van der Waals surface area contributed by atoms with Gasteiger partial charge >= 0.3 is 12.0 Å². The molecule has 0 spiro atoms. The molecule has 0 amide bonds. The summed E-state index contributed by atoms with van der Waals surface area (Å²) in [6.45, 7) is 0. The van der Waals surface area contributed by atoms with Crippen molar-refractivity contribution in [2.75, 3.05) is 0 Å². The first-order valence-electron chi connectivity index (χ1n) is 4.52. The summed E-state index contributed by atoms with van der Waals surface area (Å²) in [7, 11) is 0. The van der Waals surface area contributed by atoms with Gasteiger partial charge in [-0.2, -0.15) is 13.2 Å². The molecule has 16 heavy (non-hydrogen) atoms. The molecule has 0 bridgehead atoms. The zero-order valence-electron chi connectivity index (χ0n) is 8.03. The van der Waals surface area contributed by atoms with Crippen LogP contribution in [0.25, 0.3) is 0 Å². The summed E-state index contributed by atoms with van der Waals surface area (Å²) in [6.07, 6.45) is -5.55. The van der Waals surface area contributed by atoms with Crippen LogP contribution >= 0.6 is 0 Å². The van der Waals surface area contributed by atoms with Gasteiger partial charge in [-0.25, -0.2) is 0 Å². The second-order valence-electron chi connectivity index (χ2n) is 3.45. The van der Waals surface area contributed by atoms with Gasteiger partial charge in [-0.3, -0.25) is 0 Å². The molecule has 1 aliphatic rings. The number of alkyl halides is 3. The van der Waals surface area contributed by atoms with Crippen molar-refractivity contribution in [3.63, 3.8) is 0 Å². The monoisotopic (exact) mass is 231 g/mol. The van der Waals surface area contributed by atoms with E-state index in [1.54, 1.807) is 30.3 Å². The molecule has 2 rings (SSSR count). The minimum absolute atomic E-state index is 0.0837. The number of nitrogens with zero attached hydrogens (tertiary/aromatic N) is 1. The summed E-state index contributed by atoms with van der Waals surface area (Å²) >= 11 is 0. The molecule has 1 aliphatic heterocycles. The molecule has 0 unspecified atom stereocenters. The van der Waals surface area contributed by atoms with Crippen LogP contribution in [-0.4, -0.2) is 22.8 Å². The molecular weight excluding hydrogens is 223 g/mol. The van der Waals surface area contributed by atoms with Gasteiger partial charge in [0.25, 0.3) is 0 Å². The Morgan fingerprint density at radius 2 is 1.88 bits per heavy atom. The maximum atomic E-state index is 12.4. The van der Waals surface area contributed by atoms with Gasteiger partial charge in [-0.1, -0.05) is 35.5 Å².